The van der Waals surface area contributed by atoms with Gasteiger partial charge in [0.15, 0.2) is 0 Å². The van der Waals surface area contributed by atoms with E-state index in [-0.39, 0.29) is 5.25 Å². The van der Waals surface area contributed by atoms with Gasteiger partial charge in [-0.05, 0) is 31.4 Å². The Hall–Kier alpha value is -1.54. The van der Waals surface area contributed by atoms with E-state index < -0.39 is 10.0 Å². The van der Waals surface area contributed by atoms with Crippen LogP contribution in [0.2, 0.25) is 0 Å². The second-order valence-electron chi connectivity index (χ2n) is 4.66. The molecule has 0 amide bonds. The Labute approximate surface area is 108 Å². The molecule has 0 bridgehead atoms. The number of hydrogen-bond acceptors (Lipinski definition) is 3. The lowest BCUT2D eigenvalue weighted by Gasteiger charge is -2.14. The molecule has 96 valence electrons. The molecule has 1 aromatic rings. The third-order valence-corrected chi connectivity index (χ3v) is 5.23. The molecule has 0 radical (unpaired) electrons. The summed E-state index contributed by atoms with van der Waals surface area (Å²) in [6.45, 7) is 1.80. The molecule has 2 rings (SSSR count). The largest absolute Gasteiger partial charge is 0.282 e. The van der Waals surface area contributed by atoms with Gasteiger partial charge in [-0.1, -0.05) is 25.0 Å². The highest BCUT2D eigenvalue weighted by Gasteiger charge is 2.29. The highest BCUT2D eigenvalue weighted by atomic mass is 32.2. The molecule has 1 aromatic carbocycles. The lowest BCUT2D eigenvalue weighted by molar-refractivity contribution is 0.585. The fraction of sp³-hybridized carbons (Fsp3) is 0.462. The van der Waals surface area contributed by atoms with E-state index in [1.54, 1.807) is 25.1 Å². The van der Waals surface area contributed by atoms with E-state index in [1.807, 2.05) is 0 Å². The van der Waals surface area contributed by atoms with Crippen molar-refractivity contribution in [2.45, 2.75) is 37.9 Å². The summed E-state index contributed by atoms with van der Waals surface area (Å²) in [5.41, 5.74) is 1.58. The third-order valence-electron chi connectivity index (χ3n) is 3.38. The van der Waals surface area contributed by atoms with Crippen LogP contribution in [-0.2, 0) is 10.0 Å². The van der Waals surface area contributed by atoms with E-state index in [1.165, 1.54) is 0 Å². The van der Waals surface area contributed by atoms with Crippen molar-refractivity contribution in [2.75, 3.05) is 4.72 Å². The predicted octanol–water partition coefficient (Wildman–Crippen LogP) is 2.55. The SMILES string of the molecule is Cc1cccc(NS(=O)(=O)C2CCCC2)c1C#N. The summed E-state index contributed by atoms with van der Waals surface area (Å²) < 4.78 is 26.9. The maximum Gasteiger partial charge on any atom is 0.235 e. The molecule has 1 saturated carbocycles. The second-order valence-corrected chi connectivity index (χ2v) is 6.62. The van der Waals surface area contributed by atoms with Crippen molar-refractivity contribution < 1.29 is 8.42 Å². The zero-order valence-electron chi connectivity index (χ0n) is 10.3. The van der Waals surface area contributed by atoms with Crippen molar-refractivity contribution in [3.05, 3.63) is 29.3 Å². The predicted molar refractivity (Wildman–Crippen MR) is 70.7 cm³/mol. The molecule has 1 aliphatic carbocycles. The van der Waals surface area contributed by atoms with Crippen molar-refractivity contribution in [3.63, 3.8) is 0 Å². The van der Waals surface area contributed by atoms with Crippen LogP contribution in [0.25, 0.3) is 0 Å². The van der Waals surface area contributed by atoms with Crippen LogP contribution in [-0.4, -0.2) is 13.7 Å². The molecule has 0 saturated heterocycles. The van der Waals surface area contributed by atoms with Crippen LogP contribution >= 0.6 is 0 Å². The van der Waals surface area contributed by atoms with E-state index in [4.69, 9.17) is 5.26 Å². The molecule has 4 nitrogen and oxygen atoms in total. The summed E-state index contributed by atoms with van der Waals surface area (Å²) in [5, 5.41) is 8.76. The zero-order valence-corrected chi connectivity index (χ0v) is 11.1. The molecule has 1 aliphatic rings. The number of anilines is 1. The molecule has 0 spiro atoms. The summed E-state index contributed by atoms with van der Waals surface area (Å²) in [7, 11) is -3.36. The highest BCUT2D eigenvalue weighted by Crippen LogP contribution is 2.27. The molecule has 0 atom stereocenters. The summed E-state index contributed by atoms with van der Waals surface area (Å²) in [6.07, 6.45) is 3.35. The van der Waals surface area contributed by atoms with Gasteiger partial charge in [0.05, 0.1) is 16.5 Å². The molecule has 0 aliphatic heterocycles. The standard InChI is InChI=1S/C13H16N2O2S/c1-10-5-4-8-13(12(10)9-14)15-18(16,17)11-6-2-3-7-11/h4-5,8,11,15H,2-3,6-7H2,1H3. The van der Waals surface area contributed by atoms with E-state index in [0.717, 1.165) is 18.4 Å². The molecule has 18 heavy (non-hydrogen) atoms. The van der Waals surface area contributed by atoms with Crippen LogP contribution in [0, 0.1) is 18.3 Å². The van der Waals surface area contributed by atoms with Crippen LogP contribution in [0.15, 0.2) is 18.2 Å². The lowest BCUT2D eigenvalue weighted by atomic mass is 10.1. The van der Waals surface area contributed by atoms with Gasteiger partial charge in [0.1, 0.15) is 6.07 Å². The number of aryl methyl sites for hydroxylation is 1. The number of nitrogens with one attached hydrogen (secondary N) is 1. The first-order valence-electron chi connectivity index (χ1n) is 6.06. The number of hydrogen-bond donors (Lipinski definition) is 1. The summed E-state index contributed by atoms with van der Waals surface area (Å²) in [6, 6.07) is 7.24. The van der Waals surface area contributed by atoms with Crippen LogP contribution in [0.5, 0.6) is 0 Å². The summed E-state index contributed by atoms with van der Waals surface area (Å²) in [5.74, 6) is 0. The first kappa shape index (κ1) is 12.9. The monoisotopic (exact) mass is 264 g/mol. The smallest absolute Gasteiger partial charge is 0.235 e. The average molecular weight is 264 g/mol. The Morgan fingerprint density at radius 2 is 2.00 bits per heavy atom. The van der Waals surface area contributed by atoms with Crippen LogP contribution < -0.4 is 4.72 Å². The lowest BCUT2D eigenvalue weighted by Crippen LogP contribution is -2.25. The molecular formula is C13H16N2O2S. The van der Waals surface area contributed by atoms with E-state index in [2.05, 4.69) is 10.8 Å². The van der Waals surface area contributed by atoms with Gasteiger partial charge < -0.3 is 0 Å². The molecule has 1 fully saturated rings. The normalized spacial score (nSPS) is 16.4. The Balaban J connectivity index is 2.29. The van der Waals surface area contributed by atoms with Gasteiger partial charge in [-0.15, -0.1) is 0 Å². The maximum atomic E-state index is 12.2. The zero-order chi connectivity index (χ0) is 13.2. The Bertz CT molecular complexity index is 581. The summed E-state index contributed by atoms with van der Waals surface area (Å²) >= 11 is 0. The first-order chi connectivity index (χ1) is 8.54. The Morgan fingerprint density at radius 1 is 1.33 bits per heavy atom. The molecular weight excluding hydrogens is 248 g/mol. The fourth-order valence-electron chi connectivity index (χ4n) is 2.34. The number of sulfonamides is 1. The van der Waals surface area contributed by atoms with Crippen molar-refractivity contribution in [2.24, 2.45) is 0 Å². The minimum absolute atomic E-state index is 0.315. The van der Waals surface area contributed by atoms with Gasteiger partial charge in [-0.25, -0.2) is 8.42 Å². The Kier molecular flexibility index (Phi) is 3.58. The second kappa shape index (κ2) is 4.99. The van der Waals surface area contributed by atoms with Crippen molar-refractivity contribution >= 4 is 15.7 Å². The molecule has 0 heterocycles. The summed E-state index contributed by atoms with van der Waals surface area (Å²) in [4.78, 5) is 0. The quantitative estimate of drug-likeness (QED) is 0.912. The third kappa shape index (κ3) is 2.49. The van der Waals surface area contributed by atoms with Crippen molar-refractivity contribution in [1.82, 2.24) is 0 Å². The van der Waals surface area contributed by atoms with Gasteiger partial charge >= 0.3 is 0 Å². The number of nitrogens with zero attached hydrogens (tertiary/aromatic N) is 1. The first-order valence-corrected chi connectivity index (χ1v) is 7.60. The number of benzene rings is 1. The Morgan fingerprint density at radius 3 is 2.61 bits per heavy atom. The van der Waals surface area contributed by atoms with Gasteiger partial charge in [-0.3, -0.25) is 4.72 Å². The van der Waals surface area contributed by atoms with E-state index in [9.17, 15) is 8.42 Å². The van der Waals surface area contributed by atoms with Crippen LogP contribution in [0.1, 0.15) is 36.8 Å². The van der Waals surface area contributed by atoms with Crippen LogP contribution in [0.3, 0.4) is 0 Å². The fourth-order valence-corrected chi connectivity index (χ4v) is 3.93. The molecule has 0 unspecified atom stereocenters. The van der Waals surface area contributed by atoms with Gasteiger partial charge in [0.25, 0.3) is 0 Å². The average Bonchev–Trinajstić information content (AvgIpc) is 2.83. The van der Waals surface area contributed by atoms with Gasteiger partial charge in [-0.2, -0.15) is 5.26 Å². The molecule has 5 heteroatoms. The van der Waals surface area contributed by atoms with Gasteiger partial charge in [0, 0.05) is 0 Å². The van der Waals surface area contributed by atoms with Crippen LogP contribution in [0.4, 0.5) is 5.69 Å². The highest BCUT2D eigenvalue weighted by molar-refractivity contribution is 7.93. The van der Waals surface area contributed by atoms with Gasteiger partial charge in [0.2, 0.25) is 10.0 Å². The van der Waals surface area contributed by atoms with Crippen molar-refractivity contribution in [3.8, 4) is 6.07 Å². The van der Waals surface area contributed by atoms with E-state index >= 15 is 0 Å². The number of nitriles is 1. The van der Waals surface area contributed by atoms with E-state index in [0.29, 0.717) is 24.1 Å². The van der Waals surface area contributed by atoms with Crippen molar-refractivity contribution in [1.29, 1.82) is 5.26 Å². The number of rotatable bonds is 3. The molecule has 1 N–H and O–H groups in total. The minimum atomic E-state index is -3.36. The minimum Gasteiger partial charge on any atom is -0.282 e. The topological polar surface area (TPSA) is 70.0 Å². The maximum absolute atomic E-state index is 12.2. The molecule has 0 aromatic heterocycles.